The van der Waals surface area contributed by atoms with Crippen LogP contribution in [0.4, 0.5) is 0 Å². The molecule has 1 saturated carbocycles. The van der Waals surface area contributed by atoms with E-state index in [1.807, 2.05) is 0 Å². The van der Waals surface area contributed by atoms with Crippen molar-refractivity contribution in [2.75, 3.05) is 0 Å². The summed E-state index contributed by atoms with van der Waals surface area (Å²) in [5.74, 6) is 1.98. The van der Waals surface area contributed by atoms with E-state index in [9.17, 15) is 0 Å². The van der Waals surface area contributed by atoms with Crippen LogP contribution in [0.25, 0.3) is 0 Å². The molecule has 1 aliphatic carbocycles. The largest absolute Gasteiger partial charge is 0.0654 e. The quantitative estimate of drug-likeness (QED) is 0.471. The van der Waals surface area contributed by atoms with Crippen molar-refractivity contribution in [1.29, 1.82) is 0 Å². The van der Waals surface area contributed by atoms with E-state index in [2.05, 4.69) is 20.3 Å². The fourth-order valence-electron chi connectivity index (χ4n) is 2.96. The molecule has 1 aliphatic rings. The zero-order valence-electron chi connectivity index (χ0n) is 10.8. The molecule has 0 spiro atoms. The monoisotopic (exact) mass is 209 g/mol. The summed E-state index contributed by atoms with van der Waals surface area (Å²) in [5.41, 5.74) is 0. The zero-order chi connectivity index (χ0) is 10.9. The maximum Gasteiger partial charge on any atom is -0.0352 e. The van der Waals surface area contributed by atoms with Gasteiger partial charge in [0.1, 0.15) is 0 Å². The van der Waals surface area contributed by atoms with Gasteiger partial charge in [0.25, 0.3) is 0 Å². The lowest BCUT2D eigenvalue weighted by atomic mass is 9.84. The molecule has 1 radical (unpaired) electrons. The Morgan fingerprint density at radius 1 is 1.13 bits per heavy atom. The molecule has 1 rings (SSSR count). The maximum absolute atomic E-state index is 2.60. The van der Waals surface area contributed by atoms with E-state index in [4.69, 9.17) is 0 Å². The van der Waals surface area contributed by atoms with Crippen LogP contribution < -0.4 is 0 Å². The Labute approximate surface area is 96.8 Å². The lowest BCUT2D eigenvalue weighted by molar-refractivity contribution is 0.333. The SMILES string of the molecule is CCCCCCCC(CC)C1[CH]CCC1. The molecule has 2 unspecified atom stereocenters. The molecule has 0 bridgehead atoms. The summed E-state index contributed by atoms with van der Waals surface area (Å²) < 4.78 is 0. The summed E-state index contributed by atoms with van der Waals surface area (Å²) in [6.45, 7) is 4.67. The van der Waals surface area contributed by atoms with Crippen LogP contribution in [0.3, 0.4) is 0 Å². The van der Waals surface area contributed by atoms with Gasteiger partial charge in [-0.25, -0.2) is 0 Å². The molecular weight excluding hydrogens is 180 g/mol. The molecular formula is C15H29. The Balaban J connectivity index is 2.05. The van der Waals surface area contributed by atoms with E-state index in [0.717, 1.165) is 11.8 Å². The number of rotatable bonds is 8. The molecule has 1 fully saturated rings. The first-order chi connectivity index (χ1) is 7.38. The van der Waals surface area contributed by atoms with Crippen LogP contribution in [0, 0.1) is 18.3 Å². The number of hydrogen-bond donors (Lipinski definition) is 0. The van der Waals surface area contributed by atoms with Gasteiger partial charge in [-0.1, -0.05) is 65.2 Å². The van der Waals surface area contributed by atoms with Crippen molar-refractivity contribution in [2.45, 2.75) is 78.1 Å². The van der Waals surface area contributed by atoms with Gasteiger partial charge in [-0.2, -0.15) is 0 Å². The van der Waals surface area contributed by atoms with Gasteiger partial charge in [-0.3, -0.25) is 0 Å². The molecule has 0 aromatic carbocycles. The zero-order valence-corrected chi connectivity index (χ0v) is 10.8. The average molecular weight is 209 g/mol. The molecule has 89 valence electrons. The third kappa shape index (κ3) is 5.04. The molecule has 0 aromatic heterocycles. The molecule has 0 aliphatic heterocycles. The van der Waals surface area contributed by atoms with Crippen molar-refractivity contribution in [1.82, 2.24) is 0 Å². The molecule has 0 saturated heterocycles. The standard InChI is InChI=1S/C15H29/c1-3-5-6-7-8-11-14(4-2)15-12-9-10-13-15/h12,14-15H,3-11,13H2,1-2H3. The highest BCUT2D eigenvalue weighted by atomic mass is 14.3. The first-order valence-corrected chi connectivity index (χ1v) is 7.21. The van der Waals surface area contributed by atoms with Crippen LogP contribution in [0.2, 0.25) is 0 Å². The maximum atomic E-state index is 2.60. The number of unbranched alkanes of at least 4 members (excludes halogenated alkanes) is 4. The molecule has 0 heteroatoms. The highest BCUT2D eigenvalue weighted by Crippen LogP contribution is 2.34. The van der Waals surface area contributed by atoms with Crippen molar-refractivity contribution in [3.63, 3.8) is 0 Å². The molecule has 0 nitrogen and oxygen atoms in total. The van der Waals surface area contributed by atoms with E-state index < -0.39 is 0 Å². The fourth-order valence-corrected chi connectivity index (χ4v) is 2.96. The van der Waals surface area contributed by atoms with Gasteiger partial charge in [0.15, 0.2) is 0 Å². The highest BCUT2D eigenvalue weighted by molar-refractivity contribution is 4.87. The second kappa shape index (κ2) is 8.19. The first-order valence-electron chi connectivity index (χ1n) is 7.21. The Morgan fingerprint density at radius 2 is 1.93 bits per heavy atom. The van der Waals surface area contributed by atoms with Crippen molar-refractivity contribution < 1.29 is 0 Å². The molecule has 15 heavy (non-hydrogen) atoms. The predicted molar refractivity (Wildman–Crippen MR) is 68.8 cm³/mol. The molecule has 0 N–H and O–H groups in total. The summed E-state index contributed by atoms with van der Waals surface area (Å²) in [6, 6.07) is 0. The Kier molecular flexibility index (Phi) is 7.13. The normalized spacial score (nSPS) is 19.6. The van der Waals surface area contributed by atoms with E-state index in [0.29, 0.717) is 0 Å². The van der Waals surface area contributed by atoms with Crippen molar-refractivity contribution in [3.05, 3.63) is 6.42 Å². The molecule has 0 amide bonds. The van der Waals surface area contributed by atoms with E-state index in [1.54, 1.807) is 0 Å². The number of hydrogen-bond acceptors (Lipinski definition) is 0. The van der Waals surface area contributed by atoms with Crippen molar-refractivity contribution in [2.24, 2.45) is 11.8 Å². The minimum Gasteiger partial charge on any atom is -0.0654 e. The Morgan fingerprint density at radius 3 is 2.53 bits per heavy atom. The molecule has 0 aromatic rings. The van der Waals surface area contributed by atoms with Crippen LogP contribution in [0.1, 0.15) is 78.1 Å². The van der Waals surface area contributed by atoms with E-state index >= 15 is 0 Å². The van der Waals surface area contributed by atoms with Gasteiger partial charge in [0.05, 0.1) is 0 Å². The predicted octanol–water partition coefficient (Wildman–Crippen LogP) is 5.38. The fraction of sp³-hybridized carbons (Fsp3) is 0.933. The Hall–Kier alpha value is 0. The average Bonchev–Trinajstić information content (AvgIpc) is 2.77. The van der Waals surface area contributed by atoms with Crippen LogP contribution in [0.5, 0.6) is 0 Å². The topological polar surface area (TPSA) is 0 Å². The van der Waals surface area contributed by atoms with Crippen molar-refractivity contribution in [3.8, 4) is 0 Å². The minimum absolute atomic E-state index is 0.973. The smallest absolute Gasteiger partial charge is 0.0352 e. The summed E-state index contributed by atoms with van der Waals surface area (Å²) in [7, 11) is 0. The van der Waals surface area contributed by atoms with Crippen LogP contribution in [0.15, 0.2) is 0 Å². The van der Waals surface area contributed by atoms with Crippen molar-refractivity contribution >= 4 is 0 Å². The summed E-state index contributed by atoms with van der Waals surface area (Å²) in [5, 5.41) is 0. The van der Waals surface area contributed by atoms with Gasteiger partial charge in [0, 0.05) is 0 Å². The van der Waals surface area contributed by atoms with Gasteiger partial charge >= 0.3 is 0 Å². The Bertz CT molecular complexity index is 133. The molecule has 0 heterocycles. The second-order valence-corrected chi connectivity index (χ2v) is 5.20. The van der Waals surface area contributed by atoms with Gasteiger partial charge in [-0.05, 0) is 31.1 Å². The third-order valence-corrected chi connectivity index (χ3v) is 4.02. The van der Waals surface area contributed by atoms with Crippen LogP contribution in [-0.4, -0.2) is 0 Å². The van der Waals surface area contributed by atoms with Crippen LogP contribution >= 0.6 is 0 Å². The van der Waals surface area contributed by atoms with Gasteiger partial charge < -0.3 is 0 Å². The minimum atomic E-state index is 0.973. The van der Waals surface area contributed by atoms with E-state index in [-0.39, 0.29) is 0 Å². The van der Waals surface area contributed by atoms with E-state index in [1.165, 1.54) is 64.2 Å². The lowest BCUT2D eigenvalue weighted by Gasteiger charge is -2.21. The second-order valence-electron chi connectivity index (χ2n) is 5.20. The third-order valence-electron chi connectivity index (χ3n) is 4.02. The first kappa shape index (κ1) is 13.1. The van der Waals surface area contributed by atoms with Crippen LogP contribution in [-0.2, 0) is 0 Å². The summed E-state index contributed by atoms with van der Waals surface area (Å²) in [4.78, 5) is 0. The lowest BCUT2D eigenvalue weighted by Crippen LogP contribution is -2.11. The summed E-state index contributed by atoms with van der Waals surface area (Å²) in [6.07, 6.45) is 17.0. The summed E-state index contributed by atoms with van der Waals surface area (Å²) >= 11 is 0. The van der Waals surface area contributed by atoms with Gasteiger partial charge in [-0.15, -0.1) is 0 Å². The molecule has 2 atom stereocenters. The highest BCUT2D eigenvalue weighted by Gasteiger charge is 2.23. The van der Waals surface area contributed by atoms with Gasteiger partial charge in [0.2, 0.25) is 0 Å².